The summed E-state index contributed by atoms with van der Waals surface area (Å²) in [6.45, 7) is 11.5. The van der Waals surface area contributed by atoms with Crippen molar-refractivity contribution in [3.05, 3.63) is 0 Å². The normalized spacial score (nSPS) is 26.1. The number of carbonyl (C=O) groups is 1. The van der Waals surface area contributed by atoms with Crippen molar-refractivity contribution in [1.29, 1.82) is 0 Å². The summed E-state index contributed by atoms with van der Waals surface area (Å²) in [7, 11) is 0. The highest BCUT2D eigenvalue weighted by Crippen LogP contribution is 2.49. The van der Waals surface area contributed by atoms with E-state index >= 15 is 0 Å². The van der Waals surface area contributed by atoms with E-state index in [1.807, 2.05) is 20.8 Å². The molecule has 1 aliphatic carbocycles. The van der Waals surface area contributed by atoms with Gasteiger partial charge in [0.2, 0.25) is 5.91 Å². The fourth-order valence-electron chi connectivity index (χ4n) is 3.43. The number of amides is 1. The third-order valence-corrected chi connectivity index (χ3v) is 6.00. The molecule has 4 N–H and O–H groups in total. The van der Waals surface area contributed by atoms with E-state index in [9.17, 15) is 9.90 Å². The molecular weight excluding hydrogens is 316 g/mol. The van der Waals surface area contributed by atoms with Crippen molar-refractivity contribution in [3.63, 3.8) is 0 Å². The van der Waals surface area contributed by atoms with Crippen molar-refractivity contribution < 1.29 is 14.6 Å². The molecule has 6 heteroatoms. The van der Waals surface area contributed by atoms with Crippen molar-refractivity contribution in [3.8, 4) is 0 Å². The summed E-state index contributed by atoms with van der Waals surface area (Å²) in [6.07, 6.45) is 3.14. The van der Waals surface area contributed by atoms with E-state index in [2.05, 4.69) is 19.2 Å². The molecule has 0 aromatic heterocycles. The van der Waals surface area contributed by atoms with Gasteiger partial charge in [-0.25, -0.2) is 0 Å². The van der Waals surface area contributed by atoms with Crippen molar-refractivity contribution in [2.45, 2.75) is 71.9 Å². The van der Waals surface area contributed by atoms with Gasteiger partial charge in [-0.1, -0.05) is 27.7 Å². The first-order valence-electron chi connectivity index (χ1n) is 8.52. The van der Waals surface area contributed by atoms with Gasteiger partial charge in [0.05, 0.1) is 6.10 Å². The van der Waals surface area contributed by atoms with Gasteiger partial charge >= 0.3 is 0 Å². The quantitative estimate of drug-likeness (QED) is 0.595. The highest BCUT2D eigenvalue weighted by atomic mass is 35.5. The van der Waals surface area contributed by atoms with Crippen molar-refractivity contribution in [2.75, 3.05) is 19.8 Å². The highest BCUT2D eigenvalue weighted by Gasteiger charge is 2.62. The number of hydrogen-bond donors (Lipinski definition) is 3. The lowest BCUT2D eigenvalue weighted by molar-refractivity contribution is -0.171. The highest BCUT2D eigenvalue weighted by molar-refractivity contribution is 5.88. The van der Waals surface area contributed by atoms with Gasteiger partial charge in [-0.3, -0.25) is 4.79 Å². The van der Waals surface area contributed by atoms with Gasteiger partial charge in [0.25, 0.3) is 0 Å². The van der Waals surface area contributed by atoms with Gasteiger partial charge in [0, 0.05) is 31.6 Å². The van der Waals surface area contributed by atoms with Gasteiger partial charge in [-0.05, 0) is 31.6 Å². The summed E-state index contributed by atoms with van der Waals surface area (Å²) in [5.74, 6) is -0.0994. The molecule has 1 amide bonds. The smallest absolute Gasteiger partial charge is 0.240 e. The summed E-state index contributed by atoms with van der Waals surface area (Å²) >= 11 is 0. The lowest BCUT2D eigenvalue weighted by Gasteiger charge is -2.57. The van der Waals surface area contributed by atoms with Crippen LogP contribution in [-0.2, 0) is 9.53 Å². The Morgan fingerprint density at radius 1 is 1.35 bits per heavy atom. The molecule has 0 heterocycles. The molecule has 1 aliphatic rings. The van der Waals surface area contributed by atoms with Crippen LogP contribution in [-0.4, -0.2) is 42.4 Å². The minimum Gasteiger partial charge on any atom is -0.396 e. The Hall–Kier alpha value is -0.360. The standard InChI is InChI=1S/C17H34N2O3.ClH/c1-6-16(7-2,9-10-20)12-19-14(21)17(18)11-13(22-8-3)15(17,4)5;/h13,20H,6-12,18H2,1-5H3,(H,19,21);1H. The first-order valence-corrected chi connectivity index (χ1v) is 8.52. The zero-order chi connectivity index (χ0) is 17.0. The largest absolute Gasteiger partial charge is 0.396 e. The molecule has 0 radical (unpaired) electrons. The third-order valence-electron chi connectivity index (χ3n) is 6.00. The van der Waals surface area contributed by atoms with Crippen LogP contribution in [0.1, 0.15) is 60.3 Å². The molecule has 2 atom stereocenters. The Bertz CT molecular complexity index is 386. The van der Waals surface area contributed by atoms with Crippen molar-refractivity contribution in [2.24, 2.45) is 16.6 Å². The molecule has 1 fully saturated rings. The summed E-state index contributed by atoms with van der Waals surface area (Å²) in [4.78, 5) is 12.6. The fraction of sp³-hybridized carbons (Fsp3) is 0.941. The number of rotatable bonds is 9. The minimum absolute atomic E-state index is 0. The average Bonchev–Trinajstić information content (AvgIpc) is 2.50. The molecule has 0 aromatic carbocycles. The molecule has 5 nitrogen and oxygen atoms in total. The summed E-state index contributed by atoms with van der Waals surface area (Å²) in [5.41, 5.74) is 5.10. The maximum atomic E-state index is 12.6. The van der Waals surface area contributed by atoms with Crippen LogP contribution in [0.15, 0.2) is 0 Å². The summed E-state index contributed by atoms with van der Waals surface area (Å²) in [6, 6.07) is 0. The van der Waals surface area contributed by atoms with E-state index in [1.54, 1.807) is 0 Å². The summed E-state index contributed by atoms with van der Waals surface area (Å²) < 4.78 is 5.67. The predicted molar refractivity (Wildman–Crippen MR) is 95.7 cm³/mol. The van der Waals surface area contributed by atoms with E-state index in [1.165, 1.54) is 0 Å². The number of nitrogens with one attached hydrogen (secondary N) is 1. The topological polar surface area (TPSA) is 84.6 Å². The second kappa shape index (κ2) is 8.65. The lowest BCUT2D eigenvalue weighted by atomic mass is 9.54. The van der Waals surface area contributed by atoms with E-state index in [0.717, 1.165) is 12.8 Å². The molecular formula is C17H35ClN2O3. The maximum Gasteiger partial charge on any atom is 0.240 e. The third kappa shape index (κ3) is 4.19. The molecule has 0 saturated heterocycles. The Kier molecular flexibility index (Phi) is 8.52. The van der Waals surface area contributed by atoms with Crippen LogP contribution >= 0.6 is 12.4 Å². The van der Waals surface area contributed by atoms with Crippen molar-refractivity contribution >= 4 is 18.3 Å². The molecule has 1 saturated carbocycles. The van der Waals surface area contributed by atoms with Gasteiger partial charge in [-0.2, -0.15) is 0 Å². The van der Waals surface area contributed by atoms with Crippen LogP contribution in [0.25, 0.3) is 0 Å². The maximum absolute atomic E-state index is 12.6. The van der Waals surface area contributed by atoms with Crippen LogP contribution in [0.3, 0.4) is 0 Å². The van der Waals surface area contributed by atoms with Gasteiger partial charge in [0.1, 0.15) is 5.54 Å². The monoisotopic (exact) mass is 350 g/mol. The first-order chi connectivity index (χ1) is 10.2. The SMILES string of the molecule is CCOC1CC(N)(C(=O)NCC(CC)(CC)CCO)C1(C)C.Cl. The van der Waals surface area contributed by atoms with Crippen LogP contribution in [0.5, 0.6) is 0 Å². The average molecular weight is 351 g/mol. The predicted octanol–water partition coefficient (Wildman–Crippen LogP) is 2.25. The Morgan fingerprint density at radius 2 is 1.91 bits per heavy atom. The summed E-state index contributed by atoms with van der Waals surface area (Å²) in [5, 5.41) is 12.3. The lowest BCUT2D eigenvalue weighted by Crippen LogP contribution is -2.76. The van der Waals surface area contributed by atoms with Crippen LogP contribution in [0, 0.1) is 10.8 Å². The minimum atomic E-state index is -0.876. The molecule has 1 rings (SSSR count). The number of halogens is 1. The van der Waals surface area contributed by atoms with Gasteiger partial charge in [0.15, 0.2) is 0 Å². The van der Waals surface area contributed by atoms with E-state index in [0.29, 0.717) is 26.0 Å². The number of nitrogens with two attached hydrogens (primary N) is 1. The molecule has 0 spiro atoms. The second-order valence-electron chi connectivity index (χ2n) is 7.20. The number of aliphatic hydroxyl groups excluding tert-OH is 1. The molecule has 0 aliphatic heterocycles. The molecule has 138 valence electrons. The van der Waals surface area contributed by atoms with Gasteiger partial charge in [-0.15, -0.1) is 12.4 Å². The van der Waals surface area contributed by atoms with Crippen LogP contribution < -0.4 is 11.1 Å². The first kappa shape index (κ1) is 22.6. The number of aliphatic hydroxyl groups is 1. The van der Waals surface area contributed by atoms with Crippen molar-refractivity contribution in [1.82, 2.24) is 5.32 Å². The Morgan fingerprint density at radius 3 is 2.30 bits per heavy atom. The molecule has 0 aromatic rings. The Labute approximate surface area is 147 Å². The second-order valence-corrected chi connectivity index (χ2v) is 7.20. The molecule has 0 bridgehead atoms. The Balaban J connectivity index is 0.00000484. The van der Waals surface area contributed by atoms with Crippen LogP contribution in [0.2, 0.25) is 0 Å². The fourth-order valence-corrected chi connectivity index (χ4v) is 3.43. The van der Waals surface area contributed by atoms with Crippen LogP contribution in [0.4, 0.5) is 0 Å². The van der Waals surface area contributed by atoms with E-state index in [-0.39, 0.29) is 41.9 Å². The molecule has 2 unspecified atom stereocenters. The molecule has 23 heavy (non-hydrogen) atoms. The van der Waals surface area contributed by atoms with Gasteiger partial charge < -0.3 is 20.9 Å². The number of hydrogen-bond acceptors (Lipinski definition) is 4. The van der Waals surface area contributed by atoms with E-state index < -0.39 is 5.54 Å². The van der Waals surface area contributed by atoms with E-state index in [4.69, 9.17) is 10.5 Å². The zero-order valence-corrected chi connectivity index (χ0v) is 16.1. The number of ether oxygens (including phenoxy) is 1. The zero-order valence-electron chi connectivity index (χ0n) is 15.3. The number of carbonyl (C=O) groups excluding carboxylic acids is 1.